The molecule has 0 fully saturated rings. The van der Waals surface area contributed by atoms with Crippen molar-refractivity contribution in [1.82, 2.24) is 0 Å². The van der Waals surface area contributed by atoms with Crippen LogP contribution in [0.4, 0.5) is 4.39 Å². The number of carbonyl (C=O) groups is 1. The molecule has 0 N–H and O–H groups in total. The molecule has 1 rings (SSSR count). The monoisotopic (exact) mass is 241 g/mol. The van der Waals surface area contributed by atoms with Crippen LogP contribution < -0.4 is 0 Å². The molecule has 5 heteroatoms. The van der Waals surface area contributed by atoms with Crippen LogP contribution in [-0.2, 0) is 21.8 Å². The number of esters is 1. The first-order valence-corrected chi connectivity index (χ1v) is 5.00. The number of nitrogens with zero attached hydrogens (tertiary/aromatic N) is 1. The molecular formula is C11H9ClFNO2. The third kappa shape index (κ3) is 2.71. The fourth-order valence-corrected chi connectivity index (χ4v) is 1.46. The molecular weight excluding hydrogens is 233 g/mol. The number of halogens is 2. The molecule has 0 amide bonds. The fourth-order valence-electron chi connectivity index (χ4n) is 1.27. The van der Waals surface area contributed by atoms with Gasteiger partial charge in [0.05, 0.1) is 25.0 Å². The van der Waals surface area contributed by atoms with E-state index in [2.05, 4.69) is 4.74 Å². The Balaban J connectivity index is 3.13. The predicted octanol–water partition coefficient (Wildman–Crippen LogP) is 2.15. The van der Waals surface area contributed by atoms with E-state index in [1.165, 1.54) is 19.2 Å². The lowest BCUT2D eigenvalue weighted by Crippen LogP contribution is -2.06. The maximum Gasteiger partial charge on any atom is 0.309 e. The lowest BCUT2D eigenvalue weighted by molar-refractivity contribution is -0.139. The fraction of sp³-hybridized carbons (Fsp3) is 0.273. The molecule has 1 aromatic rings. The zero-order valence-corrected chi connectivity index (χ0v) is 9.34. The Morgan fingerprint density at radius 3 is 2.81 bits per heavy atom. The van der Waals surface area contributed by atoms with Crippen LogP contribution in [0.5, 0.6) is 0 Å². The molecule has 0 radical (unpaired) electrons. The van der Waals surface area contributed by atoms with E-state index >= 15 is 0 Å². The van der Waals surface area contributed by atoms with Crippen LogP contribution in [0.15, 0.2) is 12.1 Å². The SMILES string of the molecule is COC(=O)Cc1cc(C#N)c(F)c(CCl)c1. The van der Waals surface area contributed by atoms with Crippen molar-refractivity contribution in [3.8, 4) is 6.07 Å². The van der Waals surface area contributed by atoms with E-state index < -0.39 is 11.8 Å². The second-order valence-electron chi connectivity index (χ2n) is 3.11. The highest BCUT2D eigenvalue weighted by atomic mass is 35.5. The van der Waals surface area contributed by atoms with Gasteiger partial charge in [-0.2, -0.15) is 5.26 Å². The normalized spacial score (nSPS) is 9.62. The number of carbonyl (C=O) groups excluding carboxylic acids is 1. The molecule has 0 aromatic heterocycles. The van der Waals surface area contributed by atoms with Gasteiger partial charge >= 0.3 is 5.97 Å². The summed E-state index contributed by atoms with van der Waals surface area (Å²) in [6.45, 7) is 0. The minimum absolute atomic E-state index is 0.00461. The summed E-state index contributed by atoms with van der Waals surface area (Å²) in [4.78, 5) is 11.0. The molecule has 0 bridgehead atoms. The Kier molecular flexibility index (Phi) is 4.27. The van der Waals surface area contributed by atoms with E-state index in [9.17, 15) is 9.18 Å². The average molecular weight is 242 g/mol. The third-order valence-corrected chi connectivity index (χ3v) is 2.34. The third-order valence-electron chi connectivity index (χ3n) is 2.05. The highest BCUT2D eigenvalue weighted by Gasteiger charge is 2.12. The van der Waals surface area contributed by atoms with Crippen molar-refractivity contribution in [3.05, 3.63) is 34.6 Å². The lowest BCUT2D eigenvalue weighted by atomic mass is 10.0. The second kappa shape index (κ2) is 5.47. The van der Waals surface area contributed by atoms with Crippen molar-refractivity contribution in [1.29, 1.82) is 5.26 Å². The molecule has 0 atom stereocenters. The standard InChI is InChI=1S/C11H9ClFNO2/c1-16-10(15)4-7-2-8(5-12)11(13)9(3-7)6-14/h2-3H,4-5H2,1H3. The lowest BCUT2D eigenvalue weighted by Gasteiger charge is -2.05. The number of ether oxygens (including phenoxy) is 1. The first kappa shape index (κ1) is 12.5. The number of benzene rings is 1. The van der Waals surface area contributed by atoms with Gasteiger partial charge in [-0.05, 0) is 11.6 Å². The van der Waals surface area contributed by atoms with Gasteiger partial charge in [-0.15, -0.1) is 11.6 Å². The molecule has 0 heterocycles. The van der Waals surface area contributed by atoms with Crippen LogP contribution in [-0.4, -0.2) is 13.1 Å². The molecule has 1 aromatic carbocycles. The highest BCUT2D eigenvalue weighted by Crippen LogP contribution is 2.18. The molecule has 0 aliphatic rings. The van der Waals surface area contributed by atoms with Gasteiger partial charge in [0.15, 0.2) is 0 Å². The molecule has 84 valence electrons. The van der Waals surface area contributed by atoms with Gasteiger partial charge in [0, 0.05) is 5.56 Å². The summed E-state index contributed by atoms with van der Waals surface area (Å²) in [5, 5.41) is 8.70. The van der Waals surface area contributed by atoms with Gasteiger partial charge in [-0.3, -0.25) is 4.79 Å². The van der Waals surface area contributed by atoms with E-state index in [0.717, 1.165) is 0 Å². The number of methoxy groups -OCH3 is 1. The summed E-state index contributed by atoms with van der Waals surface area (Å²) in [6, 6.07) is 4.50. The summed E-state index contributed by atoms with van der Waals surface area (Å²) in [6.07, 6.45) is -0.00461. The van der Waals surface area contributed by atoms with Crippen molar-refractivity contribution in [2.75, 3.05) is 7.11 Å². The minimum Gasteiger partial charge on any atom is -0.469 e. The van der Waals surface area contributed by atoms with Crippen LogP contribution in [0.1, 0.15) is 16.7 Å². The summed E-state index contributed by atoms with van der Waals surface area (Å²) < 4.78 is 17.9. The number of hydrogen-bond acceptors (Lipinski definition) is 3. The molecule has 0 saturated carbocycles. The number of alkyl halides is 1. The van der Waals surface area contributed by atoms with Crippen molar-refractivity contribution >= 4 is 17.6 Å². The molecule has 3 nitrogen and oxygen atoms in total. The molecule has 16 heavy (non-hydrogen) atoms. The Bertz CT molecular complexity index is 454. The van der Waals surface area contributed by atoms with E-state index in [4.69, 9.17) is 16.9 Å². The van der Waals surface area contributed by atoms with Gasteiger partial charge < -0.3 is 4.74 Å². The van der Waals surface area contributed by atoms with E-state index in [1.54, 1.807) is 6.07 Å². The quantitative estimate of drug-likeness (QED) is 0.602. The Morgan fingerprint density at radius 2 is 2.31 bits per heavy atom. The largest absolute Gasteiger partial charge is 0.469 e. The topological polar surface area (TPSA) is 50.1 Å². The van der Waals surface area contributed by atoms with E-state index in [0.29, 0.717) is 5.56 Å². The predicted molar refractivity (Wildman–Crippen MR) is 56.4 cm³/mol. The minimum atomic E-state index is -0.633. The van der Waals surface area contributed by atoms with Crippen molar-refractivity contribution in [2.45, 2.75) is 12.3 Å². The van der Waals surface area contributed by atoms with Crippen LogP contribution in [0, 0.1) is 17.1 Å². The average Bonchev–Trinajstić information content (AvgIpc) is 2.30. The van der Waals surface area contributed by atoms with Crippen LogP contribution in [0.3, 0.4) is 0 Å². The molecule has 0 aliphatic heterocycles. The van der Waals surface area contributed by atoms with Gasteiger partial charge in [0.1, 0.15) is 11.9 Å². The highest BCUT2D eigenvalue weighted by molar-refractivity contribution is 6.17. The second-order valence-corrected chi connectivity index (χ2v) is 3.38. The maximum atomic E-state index is 13.4. The zero-order valence-electron chi connectivity index (χ0n) is 8.59. The first-order chi connectivity index (χ1) is 7.62. The molecule has 0 spiro atoms. The van der Waals surface area contributed by atoms with Gasteiger partial charge in [0.2, 0.25) is 0 Å². The van der Waals surface area contributed by atoms with Gasteiger partial charge in [-0.25, -0.2) is 4.39 Å². The Hall–Kier alpha value is -1.60. The van der Waals surface area contributed by atoms with Crippen LogP contribution in [0.25, 0.3) is 0 Å². The summed E-state index contributed by atoms with van der Waals surface area (Å²) in [5.41, 5.74) is 0.608. The summed E-state index contributed by atoms with van der Waals surface area (Å²) >= 11 is 5.54. The van der Waals surface area contributed by atoms with Gasteiger partial charge in [0.25, 0.3) is 0 Å². The van der Waals surface area contributed by atoms with E-state index in [1.807, 2.05) is 0 Å². The number of rotatable bonds is 3. The smallest absolute Gasteiger partial charge is 0.309 e. The summed E-state index contributed by atoms with van der Waals surface area (Å²) in [7, 11) is 1.26. The first-order valence-electron chi connectivity index (χ1n) is 4.46. The van der Waals surface area contributed by atoms with Crippen LogP contribution >= 0.6 is 11.6 Å². The number of hydrogen-bond donors (Lipinski definition) is 0. The van der Waals surface area contributed by atoms with Crippen molar-refractivity contribution < 1.29 is 13.9 Å². The van der Waals surface area contributed by atoms with Crippen molar-refractivity contribution in [2.24, 2.45) is 0 Å². The number of nitriles is 1. The maximum absolute atomic E-state index is 13.4. The van der Waals surface area contributed by atoms with E-state index in [-0.39, 0.29) is 23.4 Å². The molecule has 0 aliphatic carbocycles. The molecule has 0 unspecified atom stereocenters. The van der Waals surface area contributed by atoms with Crippen LogP contribution in [0.2, 0.25) is 0 Å². The van der Waals surface area contributed by atoms with Crippen molar-refractivity contribution in [3.63, 3.8) is 0 Å². The Labute approximate surface area is 97.4 Å². The Morgan fingerprint density at radius 1 is 1.62 bits per heavy atom. The molecule has 0 saturated heterocycles. The zero-order chi connectivity index (χ0) is 12.1. The van der Waals surface area contributed by atoms with Gasteiger partial charge in [-0.1, -0.05) is 6.07 Å². The summed E-state index contributed by atoms with van der Waals surface area (Å²) in [5.74, 6) is -1.13.